The summed E-state index contributed by atoms with van der Waals surface area (Å²) in [4.78, 5) is 55.0. The molecule has 1 atom stereocenters. The average molecular weight is 366 g/mol. The number of carbonyl (C=O) groups is 4. The number of pyridine rings is 1. The molecule has 4 rings (SSSR count). The van der Waals surface area contributed by atoms with Crippen LogP contribution in [-0.4, -0.2) is 40.7 Å². The van der Waals surface area contributed by atoms with Crippen LogP contribution in [0.5, 0.6) is 0 Å². The summed E-state index contributed by atoms with van der Waals surface area (Å²) in [6, 6.07) is 4.03. The minimum Gasteiger partial charge on any atom is -0.350 e. The zero-order valence-electron chi connectivity index (χ0n) is 14.9. The highest BCUT2D eigenvalue weighted by Gasteiger charge is 2.41. The number of nitrogens with zero attached hydrogens (tertiary/aromatic N) is 2. The number of aromatic nitrogens is 1. The van der Waals surface area contributed by atoms with Crippen molar-refractivity contribution >= 4 is 40.2 Å². The van der Waals surface area contributed by atoms with Crippen molar-refractivity contribution in [2.75, 3.05) is 4.90 Å². The third-order valence-electron chi connectivity index (χ3n) is 4.77. The highest BCUT2D eigenvalue weighted by atomic mass is 16.2. The van der Waals surface area contributed by atoms with Gasteiger partial charge in [0.2, 0.25) is 11.8 Å². The quantitative estimate of drug-likeness (QED) is 0.792. The number of nitrogens with one attached hydrogen (secondary N) is 2. The Hall–Kier alpha value is -3.29. The Morgan fingerprint density at radius 1 is 1.26 bits per heavy atom. The standard InChI is InChI=1S/C19H18N4O4/c1-9(2)21-17(25)11-4-3-10-15-12(7-8-20-16(11)15)23(19(10)27)13-5-6-14(24)22-18(13)26/h3-4,7-9,13H,5-6H2,1-2H3,(H,21,25)(H,22,24,26). The van der Waals surface area contributed by atoms with Gasteiger partial charge in [-0.2, -0.15) is 0 Å². The minimum atomic E-state index is -0.763. The summed E-state index contributed by atoms with van der Waals surface area (Å²) in [7, 11) is 0. The van der Waals surface area contributed by atoms with Crippen LogP contribution in [-0.2, 0) is 9.59 Å². The number of hydrogen-bond acceptors (Lipinski definition) is 5. The molecular formula is C19H18N4O4. The SMILES string of the molecule is CC(C)NC(=O)c1ccc2c3c(ccnc13)N(C1CCC(=O)NC1=O)C2=O. The molecule has 2 aliphatic rings. The number of rotatable bonds is 3. The molecule has 0 saturated carbocycles. The predicted molar refractivity (Wildman–Crippen MR) is 97.3 cm³/mol. The van der Waals surface area contributed by atoms with Crippen molar-refractivity contribution in [1.82, 2.24) is 15.6 Å². The number of benzene rings is 1. The highest BCUT2D eigenvalue weighted by molar-refractivity contribution is 6.28. The minimum absolute atomic E-state index is 0.0397. The first-order valence-corrected chi connectivity index (χ1v) is 8.78. The molecule has 8 nitrogen and oxygen atoms in total. The van der Waals surface area contributed by atoms with Gasteiger partial charge in [-0.05, 0) is 38.5 Å². The van der Waals surface area contributed by atoms with Gasteiger partial charge in [-0.3, -0.25) is 34.4 Å². The number of carbonyl (C=O) groups excluding carboxylic acids is 4. The van der Waals surface area contributed by atoms with Crippen LogP contribution in [0.2, 0.25) is 0 Å². The Morgan fingerprint density at radius 2 is 2.04 bits per heavy atom. The van der Waals surface area contributed by atoms with E-state index in [0.29, 0.717) is 27.7 Å². The Morgan fingerprint density at radius 3 is 2.74 bits per heavy atom. The van der Waals surface area contributed by atoms with Crippen molar-refractivity contribution in [3.8, 4) is 0 Å². The van der Waals surface area contributed by atoms with Crippen LogP contribution < -0.4 is 15.5 Å². The molecule has 0 aliphatic carbocycles. The van der Waals surface area contributed by atoms with Gasteiger partial charge in [-0.1, -0.05) is 0 Å². The lowest BCUT2D eigenvalue weighted by Crippen LogP contribution is -2.53. The second-order valence-corrected chi connectivity index (χ2v) is 6.98. The lowest BCUT2D eigenvalue weighted by molar-refractivity contribution is -0.134. The van der Waals surface area contributed by atoms with Crippen LogP contribution in [0.4, 0.5) is 5.69 Å². The zero-order valence-corrected chi connectivity index (χ0v) is 14.9. The maximum absolute atomic E-state index is 13.0. The van der Waals surface area contributed by atoms with Crippen molar-refractivity contribution in [1.29, 1.82) is 0 Å². The van der Waals surface area contributed by atoms with Crippen LogP contribution in [0.3, 0.4) is 0 Å². The summed E-state index contributed by atoms with van der Waals surface area (Å²) in [5, 5.41) is 5.67. The maximum Gasteiger partial charge on any atom is 0.259 e. The molecular weight excluding hydrogens is 348 g/mol. The van der Waals surface area contributed by atoms with E-state index in [2.05, 4.69) is 15.6 Å². The number of piperidine rings is 1. The Balaban J connectivity index is 1.83. The normalized spacial score (nSPS) is 19.0. The molecule has 138 valence electrons. The second kappa shape index (κ2) is 6.15. The predicted octanol–water partition coefficient (Wildman–Crippen LogP) is 1.14. The molecule has 0 radical (unpaired) electrons. The number of anilines is 1. The van der Waals surface area contributed by atoms with Crippen molar-refractivity contribution < 1.29 is 19.2 Å². The molecule has 3 heterocycles. The van der Waals surface area contributed by atoms with Crippen molar-refractivity contribution in [3.63, 3.8) is 0 Å². The molecule has 1 fully saturated rings. The van der Waals surface area contributed by atoms with Gasteiger partial charge in [0.25, 0.3) is 11.8 Å². The van der Waals surface area contributed by atoms with Gasteiger partial charge in [0.05, 0.1) is 22.3 Å². The molecule has 2 N–H and O–H groups in total. The Labute approximate surface area is 154 Å². The topological polar surface area (TPSA) is 108 Å². The van der Waals surface area contributed by atoms with Crippen molar-refractivity contribution in [3.05, 3.63) is 35.5 Å². The number of imide groups is 1. The summed E-state index contributed by atoms with van der Waals surface area (Å²) in [5.74, 6) is -1.43. The molecule has 4 amide bonds. The highest BCUT2D eigenvalue weighted by Crippen LogP contribution is 2.39. The molecule has 1 saturated heterocycles. The first-order chi connectivity index (χ1) is 12.9. The summed E-state index contributed by atoms with van der Waals surface area (Å²) in [6.07, 6.45) is 1.95. The summed E-state index contributed by atoms with van der Waals surface area (Å²) in [6.45, 7) is 3.72. The maximum atomic E-state index is 13.0. The lowest BCUT2D eigenvalue weighted by atomic mass is 10.0. The van der Waals surface area contributed by atoms with E-state index in [1.807, 2.05) is 13.8 Å². The van der Waals surface area contributed by atoms with Gasteiger partial charge in [0.15, 0.2) is 0 Å². The van der Waals surface area contributed by atoms with E-state index in [-0.39, 0.29) is 36.6 Å². The fourth-order valence-electron chi connectivity index (χ4n) is 3.63. The molecule has 27 heavy (non-hydrogen) atoms. The molecule has 8 heteroatoms. The fraction of sp³-hybridized carbons (Fsp3) is 0.316. The first kappa shape index (κ1) is 17.1. The van der Waals surface area contributed by atoms with E-state index in [1.54, 1.807) is 18.2 Å². The van der Waals surface area contributed by atoms with Crippen LogP contribution >= 0.6 is 0 Å². The number of amides is 4. The first-order valence-electron chi connectivity index (χ1n) is 8.78. The molecule has 0 bridgehead atoms. The van der Waals surface area contributed by atoms with Crippen molar-refractivity contribution in [2.24, 2.45) is 0 Å². The monoisotopic (exact) mass is 366 g/mol. The van der Waals surface area contributed by atoms with Crippen LogP contribution in [0.1, 0.15) is 47.4 Å². The van der Waals surface area contributed by atoms with E-state index < -0.39 is 11.9 Å². The Kier molecular flexibility index (Phi) is 3.91. The average Bonchev–Trinajstić information content (AvgIpc) is 2.89. The third-order valence-corrected chi connectivity index (χ3v) is 4.77. The van der Waals surface area contributed by atoms with E-state index >= 15 is 0 Å². The molecule has 0 spiro atoms. The van der Waals surface area contributed by atoms with Gasteiger partial charge in [-0.25, -0.2) is 0 Å². The summed E-state index contributed by atoms with van der Waals surface area (Å²) >= 11 is 0. The molecule has 2 aliphatic heterocycles. The summed E-state index contributed by atoms with van der Waals surface area (Å²) < 4.78 is 0. The fourth-order valence-corrected chi connectivity index (χ4v) is 3.63. The summed E-state index contributed by atoms with van der Waals surface area (Å²) in [5.41, 5.74) is 1.74. The smallest absolute Gasteiger partial charge is 0.259 e. The van der Waals surface area contributed by atoms with E-state index in [1.165, 1.54) is 11.1 Å². The molecule has 1 aromatic heterocycles. The van der Waals surface area contributed by atoms with Gasteiger partial charge >= 0.3 is 0 Å². The van der Waals surface area contributed by atoms with Gasteiger partial charge < -0.3 is 5.32 Å². The van der Waals surface area contributed by atoms with Gasteiger partial charge in [0, 0.05) is 24.0 Å². The van der Waals surface area contributed by atoms with Gasteiger partial charge in [-0.15, -0.1) is 0 Å². The van der Waals surface area contributed by atoms with Crippen LogP contribution in [0.25, 0.3) is 10.9 Å². The lowest BCUT2D eigenvalue weighted by Gasteiger charge is -2.30. The van der Waals surface area contributed by atoms with Crippen LogP contribution in [0.15, 0.2) is 24.4 Å². The van der Waals surface area contributed by atoms with Crippen LogP contribution in [0, 0.1) is 0 Å². The molecule has 1 unspecified atom stereocenters. The number of hydrogen-bond donors (Lipinski definition) is 2. The zero-order chi connectivity index (χ0) is 19.3. The molecule has 2 aromatic rings. The van der Waals surface area contributed by atoms with E-state index in [4.69, 9.17) is 0 Å². The van der Waals surface area contributed by atoms with Crippen molar-refractivity contribution in [2.45, 2.75) is 38.8 Å². The Bertz CT molecular complexity index is 1010. The largest absolute Gasteiger partial charge is 0.350 e. The second-order valence-electron chi connectivity index (χ2n) is 6.98. The van der Waals surface area contributed by atoms with Gasteiger partial charge in [0.1, 0.15) is 6.04 Å². The molecule has 1 aromatic carbocycles. The van der Waals surface area contributed by atoms with E-state index in [0.717, 1.165) is 0 Å². The van der Waals surface area contributed by atoms with E-state index in [9.17, 15) is 19.2 Å². The third kappa shape index (κ3) is 2.64.